The summed E-state index contributed by atoms with van der Waals surface area (Å²) in [5, 5.41) is 11.8. The molecular formula is C39H27FN4. The molecule has 0 spiro atoms. The highest BCUT2D eigenvalue weighted by molar-refractivity contribution is 6.16. The van der Waals surface area contributed by atoms with Gasteiger partial charge in [-0.05, 0) is 65.7 Å². The molecule has 0 bridgehead atoms. The first kappa shape index (κ1) is 28.0. The van der Waals surface area contributed by atoms with Crippen molar-refractivity contribution in [2.24, 2.45) is 0 Å². The number of fused-ring (bicyclic) bond motifs is 3. The molecule has 5 heteroatoms. The van der Waals surface area contributed by atoms with Crippen LogP contribution in [0.5, 0.6) is 0 Å². The Morgan fingerprint density at radius 1 is 0.682 bits per heavy atom. The number of hydrogen-bond donors (Lipinski definition) is 0. The van der Waals surface area contributed by atoms with Crippen molar-refractivity contribution < 1.29 is 4.39 Å². The summed E-state index contributed by atoms with van der Waals surface area (Å²) in [7, 11) is 0. The highest BCUT2D eigenvalue weighted by Gasteiger charge is 2.22. The van der Waals surface area contributed by atoms with Crippen LogP contribution in [0.25, 0.3) is 43.5 Å². The first-order chi connectivity index (χ1) is 21.2. The van der Waals surface area contributed by atoms with E-state index in [0.717, 1.165) is 50.0 Å². The van der Waals surface area contributed by atoms with Crippen LogP contribution < -0.4 is 4.90 Å². The lowest BCUT2D eigenvalue weighted by Gasteiger charge is -2.27. The second-order valence-electron chi connectivity index (χ2n) is 10.2. The number of anilines is 3. The zero-order valence-electron chi connectivity index (χ0n) is 22.9. The van der Waals surface area contributed by atoms with Crippen LogP contribution in [-0.4, -0.2) is 4.57 Å². The molecule has 0 aliphatic carbocycles. The highest BCUT2D eigenvalue weighted by atomic mass is 19.1. The van der Waals surface area contributed by atoms with Gasteiger partial charge in [0.25, 0.3) is 0 Å². The topological polar surface area (TPSA) is 36.3 Å². The molecule has 0 N–H and O–H groups in total. The van der Waals surface area contributed by atoms with Gasteiger partial charge < -0.3 is 9.47 Å². The van der Waals surface area contributed by atoms with Crippen LogP contribution in [0.4, 0.5) is 27.1 Å². The summed E-state index contributed by atoms with van der Waals surface area (Å²) in [5.41, 5.74) is 7.22. The van der Waals surface area contributed by atoms with Crippen LogP contribution >= 0.6 is 0 Å². The molecule has 7 aromatic rings. The molecule has 0 atom stereocenters. The van der Waals surface area contributed by atoms with Gasteiger partial charge in [0.05, 0.1) is 28.9 Å². The Labute approximate surface area is 255 Å². The van der Waals surface area contributed by atoms with Gasteiger partial charge in [-0.2, -0.15) is 5.26 Å². The molecule has 0 saturated heterocycles. The summed E-state index contributed by atoms with van der Waals surface area (Å²) < 4.78 is 17.1. The maximum Gasteiger partial charge on any atom is 0.225 e. The van der Waals surface area contributed by atoms with E-state index in [1.807, 2.05) is 83.8 Å². The van der Waals surface area contributed by atoms with E-state index in [2.05, 4.69) is 64.0 Å². The van der Waals surface area contributed by atoms with Crippen LogP contribution in [0, 0.1) is 23.7 Å². The molecule has 4 nitrogen and oxygen atoms in total. The summed E-state index contributed by atoms with van der Waals surface area (Å²) in [4.78, 5) is 5.38. The molecule has 1 heterocycles. The SMILES string of the molecule is C.[C-]#[N+]c1cc(N(c2ccccc2)c2cccc3c2c2ccccc2n3-c2ccc(-c3ccccc3)cc2)cc(C#N)c1F. The van der Waals surface area contributed by atoms with Crippen molar-refractivity contribution in [1.29, 1.82) is 5.26 Å². The van der Waals surface area contributed by atoms with Crippen molar-refractivity contribution in [2.75, 3.05) is 4.90 Å². The minimum atomic E-state index is -0.803. The number of benzene rings is 6. The fourth-order valence-corrected chi connectivity index (χ4v) is 5.79. The van der Waals surface area contributed by atoms with E-state index in [-0.39, 0.29) is 18.7 Å². The molecule has 44 heavy (non-hydrogen) atoms. The van der Waals surface area contributed by atoms with Crippen molar-refractivity contribution in [1.82, 2.24) is 4.57 Å². The second-order valence-corrected chi connectivity index (χ2v) is 10.2. The van der Waals surface area contributed by atoms with E-state index in [4.69, 9.17) is 6.57 Å². The van der Waals surface area contributed by atoms with E-state index in [1.54, 1.807) is 0 Å². The first-order valence-corrected chi connectivity index (χ1v) is 13.8. The third kappa shape index (κ3) is 4.64. The molecule has 0 saturated carbocycles. The van der Waals surface area contributed by atoms with Gasteiger partial charge in [-0.1, -0.05) is 92.4 Å². The van der Waals surface area contributed by atoms with Crippen molar-refractivity contribution >= 4 is 44.6 Å². The lowest BCUT2D eigenvalue weighted by molar-refractivity contribution is 0.630. The molecule has 0 unspecified atom stereocenters. The first-order valence-electron chi connectivity index (χ1n) is 13.8. The lowest BCUT2D eigenvalue weighted by Crippen LogP contribution is -2.11. The minimum absolute atomic E-state index is 0. The quantitative estimate of drug-likeness (QED) is 0.193. The van der Waals surface area contributed by atoms with Crippen LogP contribution in [0.3, 0.4) is 0 Å². The Bertz CT molecular complexity index is 2170. The molecule has 0 aliphatic heterocycles. The summed E-state index contributed by atoms with van der Waals surface area (Å²) >= 11 is 0. The molecule has 210 valence electrons. The number of halogens is 1. The van der Waals surface area contributed by atoms with Crippen LogP contribution in [0.1, 0.15) is 13.0 Å². The van der Waals surface area contributed by atoms with Crippen molar-refractivity contribution in [3.05, 3.63) is 162 Å². The third-order valence-electron chi connectivity index (χ3n) is 7.70. The van der Waals surface area contributed by atoms with Crippen molar-refractivity contribution in [2.45, 2.75) is 7.43 Å². The fraction of sp³-hybridized carbons (Fsp3) is 0.0256. The predicted octanol–water partition coefficient (Wildman–Crippen LogP) is 11.1. The fourth-order valence-electron chi connectivity index (χ4n) is 5.79. The summed E-state index contributed by atoms with van der Waals surface area (Å²) in [6.45, 7) is 7.56. The molecule has 7 rings (SSSR count). The number of nitrogens with zero attached hydrogens (tertiary/aromatic N) is 4. The van der Waals surface area contributed by atoms with Gasteiger partial charge >= 0.3 is 0 Å². The largest absolute Gasteiger partial charge is 0.311 e. The average Bonchev–Trinajstić information content (AvgIpc) is 3.41. The average molecular weight is 571 g/mol. The predicted molar refractivity (Wildman–Crippen MR) is 179 cm³/mol. The van der Waals surface area contributed by atoms with Gasteiger partial charge in [-0.3, -0.25) is 0 Å². The smallest absolute Gasteiger partial charge is 0.225 e. The van der Waals surface area contributed by atoms with Crippen LogP contribution in [-0.2, 0) is 0 Å². The van der Waals surface area contributed by atoms with Gasteiger partial charge in [-0.25, -0.2) is 9.24 Å². The molecule has 6 aromatic carbocycles. The second kappa shape index (κ2) is 11.6. The third-order valence-corrected chi connectivity index (χ3v) is 7.70. The van der Waals surface area contributed by atoms with Crippen molar-refractivity contribution in [3.63, 3.8) is 0 Å². The number of hydrogen-bond acceptors (Lipinski definition) is 2. The number of para-hydroxylation sites is 2. The number of aromatic nitrogens is 1. The Morgan fingerprint density at radius 2 is 1.32 bits per heavy atom. The molecule has 0 radical (unpaired) electrons. The zero-order valence-corrected chi connectivity index (χ0v) is 22.9. The van der Waals surface area contributed by atoms with Crippen LogP contribution in [0.2, 0.25) is 0 Å². The van der Waals surface area contributed by atoms with Gasteiger partial charge in [0, 0.05) is 27.8 Å². The summed E-state index contributed by atoms with van der Waals surface area (Å²) in [6.07, 6.45) is 0. The Morgan fingerprint density at radius 3 is 2.02 bits per heavy atom. The Kier molecular flexibility index (Phi) is 7.38. The maximum atomic E-state index is 14.9. The molecule has 0 fully saturated rings. The van der Waals surface area contributed by atoms with E-state index in [9.17, 15) is 9.65 Å². The Balaban J connectivity index is 0.00000343. The zero-order chi connectivity index (χ0) is 29.3. The molecule has 1 aromatic heterocycles. The lowest BCUT2D eigenvalue weighted by atomic mass is 10.1. The van der Waals surface area contributed by atoms with E-state index in [1.165, 1.54) is 12.1 Å². The summed E-state index contributed by atoms with van der Waals surface area (Å²) in [5.74, 6) is -0.803. The number of rotatable bonds is 5. The van der Waals surface area contributed by atoms with Crippen LogP contribution in [0.15, 0.2) is 140 Å². The van der Waals surface area contributed by atoms with E-state index >= 15 is 0 Å². The van der Waals surface area contributed by atoms with Gasteiger partial charge in [0.15, 0.2) is 0 Å². The molecular weight excluding hydrogens is 543 g/mol. The summed E-state index contributed by atoms with van der Waals surface area (Å²) in [6, 6.07) is 47.9. The number of nitriles is 1. The minimum Gasteiger partial charge on any atom is -0.311 e. The molecule has 0 amide bonds. The maximum absolute atomic E-state index is 14.9. The van der Waals surface area contributed by atoms with Gasteiger partial charge in [0.2, 0.25) is 5.69 Å². The highest BCUT2D eigenvalue weighted by Crippen LogP contribution is 2.45. The standard InChI is InChI=1S/C38H23FN4.CH4/c1-41-33-24-31(23-28(25-40)38(33)39)42(29-13-6-3-7-14-29)35-17-10-18-36-37(35)32-15-8-9-16-34(32)43(36)30-21-19-27(20-22-30)26-11-4-2-5-12-26;/h2-24H;1H4. The van der Waals surface area contributed by atoms with E-state index < -0.39 is 5.82 Å². The van der Waals surface area contributed by atoms with Gasteiger partial charge in [0.1, 0.15) is 11.9 Å². The van der Waals surface area contributed by atoms with E-state index in [0.29, 0.717) is 5.69 Å². The normalized spacial score (nSPS) is 10.6. The van der Waals surface area contributed by atoms with Gasteiger partial charge in [-0.15, -0.1) is 0 Å². The monoisotopic (exact) mass is 570 g/mol. The van der Waals surface area contributed by atoms with Crippen molar-refractivity contribution in [3.8, 4) is 22.9 Å². The Hall–Kier alpha value is -6.17. The molecule has 0 aliphatic rings.